The number of anilines is 1. The van der Waals surface area contributed by atoms with Gasteiger partial charge >= 0.3 is 0 Å². The second-order valence-corrected chi connectivity index (χ2v) is 9.43. The Kier molecular flexibility index (Phi) is 6.03. The third-order valence-electron chi connectivity index (χ3n) is 4.86. The number of nitrogens with one attached hydrogen (secondary N) is 1. The Labute approximate surface area is 166 Å². The first-order chi connectivity index (χ1) is 12.8. The monoisotopic (exact) mass is 408 g/mol. The molecule has 8 heteroatoms. The van der Waals surface area contributed by atoms with Gasteiger partial charge in [-0.3, -0.25) is 4.98 Å². The largest absolute Gasteiger partial charge is 0.356 e. The molecule has 3 rings (SSSR count). The summed E-state index contributed by atoms with van der Waals surface area (Å²) in [4.78, 5) is 11.2. The maximum absolute atomic E-state index is 11.8. The van der Waals surface area contributed by atoms with Crippen LogP contribution in [0, 0.1) is 13.8 Å². The lowest BCUT2D eigenvalue weighted by Crippen LogP contribution is -2.45. The molecule has 1 fully saturated rings. The van der Waals surface area contributed by atoms with E-state index in [0.717, 1.165) is 54.1 Å². The summed E-state index contributed by atoms with van der Waals surface area (Å²) in [6.45, 7) is 7.17. The number of aromatic nitrogens is 2. The molecule has 146 valence electrons. The van der Waals surface area contributed by atoms with E-state index in [9.17, 15) is 8.42 Å². The Bertz CT molecular complexity index is 925. The third-order valence-corrected chi connectivity index (χ3v) is 6.61. The van der Waals surface area contributed by atoms with E-state index in [0.29, 0.717) is 5.02 Å². The van der Waals surface area contributed by atoms with Crippen LogP contribution in [0.15, 0.2) is 24.5 Å². The smallest absolute Gasteiger partial charge is 0.211 e. The van der Waals surface area contributed by atoms with Gasteiger partial charge in [0.15, 0.2) is 0 Å². The molecule has 0 bridgehead atoms. The molecule has 1 aliphatic heterocycles. The molecule has 0 radical (unpaired) electrons. The Morgan fingerprint density at radius 1 is 1.19 bits per heavy atom. The SMILES string of the molecule is CCS(=O)(=O)NC1CCN(c2cc(-c3ncc(C)cc3C)c(Cl)cn2)CC1. The molecule has 0 amide bonds. The maximum atomic E-state index is 11.8. The molecular formula is C19H25ClN4O2S. The Morgan fingerprint density at radius 2 is 1.89 bits per heavy atom. The first-order valence-electron chi connectivity index (χ1n) is 9.13. The van der Waals surface area contributed by atoms with Crippen molar-refractivity contribution < 1.29 is 8.42 Å². The van der Waals surface area contributed by atoms with Crippen LogP contribution in [0.2, 0.25) is 5.02 Å². The van der Waals surface area contributed by atoms with Gasteiger partial charge in [-0.2, -0.15) is 0 Å². The molecule has 27 heavy (non-hydrogen) atoms. The minimum Gasteiger partial charge on any atom is -0.356 e. The van der Waals surface area contributed by atoms with Crippen LogP contribution in [-0.2, 0) is 10.0 Å². The Balaban J connectivity index is 1.77. The van der Waals surface area contributed by atoms with Crippen molar-refractivity contribution in [1.29, 1.82) is 0 Å². The highest BCUT2D eigenvalue weighted by molar-refractivity contribution is 7.89. The molecule has 1 saturated heterocycles. The van der Waals surface area contributed by atoms with Gasteiger partial charge in [-0.25, -0.2) is 18.1 Å². The van der Waals surface area contributed by atoms with Crippen molar-refractivity contribution in [3.8, 4) is 11.3 Å². The topological polar surface area (TPSA) is 75.2 Å². The van der Waals surface area contributed by atoms with E-state index in [1.54, 1.807) is 13.1 Å². The van der Waals surface area contributed by atoms with E-state index in [1.807, 2.05) is 26.1 Å². The molecule has 0 spiro atoms. The average Bonchev–Trinajstić information content (AvgIpc) is 2.63. The van der Waals surface area contributed by atoms with Gasteiger partial charge in [-0.05, 0) is 50.8 Å². The predicted molar refractivity (Wildman–Crippen MR) is 110 cm³/mol. The molecule has 0 unspecified atom stereocenters. The predicted octanol–water partition coefficient (Wildman–Crippen LogP) is 3.32. The summed E-state index contributed by atoms with van der Waals surface area (Å²) in [5.41, 5.74) is 3.91. The number of piperidine rings is 1. The Hall–Kier alpha value is -1.70. The molecule has 6 nitrogen and oxygen atoms in total. The lowest BCUT2D eigenvalue weighted by molar-refractivity contribution is 0.459. The number of hydrogen-bond donors (Lipinski definition) is 1. The number of sulfonamides is 1. The third kappa shape index (κ3) is 4.78. The normalized spacial score (nSPS) is 15.9. The standard InChI is InChI=1S/C19H25ClN4O2S/c1-4-27(25,26)23-15-5-7-24(8-6-15)18-10-16(17(20)12-21-18)19-14(3)9-13(2)11-22-19/h9-12,15,23H,4-8H2,1-3H3. The van der Waals surface area contributed by atoms with Crippen molar-refractivity contribution in [2.45, 2.75) is 39.7 Å². The number of pyridine rings is 2. The molecule has 2 aromatic heterocycles. The van der Waals surface area contributed by atoms with Gasteiger partial charge in [0.25, 0.3) is 0 Å². The van der Waals surface area contributed by atoms with E-state index in [-0.39, 0.29) is 11.8 Å². The van der Waals surface area contributed by atoms with Crippen molar-refractivity contribution >= 4 is 27.4 Å². The van der Waals surface area contributed by atoms with Crippen LogP contribution in [0.3, 0.4) is 0 Å². The summed E-state index contributed by atoms with van der Waals surface area (Å²) < 4.78 is 26.3. The fourth-order valence-electron chi connectivity index (χ4n) is 3.34. The summed E-state index contributed by atoms with van der Waals surface area (Å²) in [6, 6.07) is 4.05. The number of nitrogens with zero attached hydrogens (tertiary/aromatic N) is 3. The average molecular weight is 409 g/mol. The van der Waals surface area contributed by atoms with Gasteiger partial charge in [0, 0.05) is 37.1 Å². The second kappa shape index (κ2) is 8.12. The highest BCUT2D eigenvalue weighted by Gasteiger charge is 2.24. The number of hydrogen-bond acceptors (Lipinski definition) is 5. The zero-order valence-corrected chi connectivity index (χ0v) is 17.4. The van der Waals surface area contributed by atoms with Crippen LogP contribution in [0.1, 0.15) is 30.9 Å². The fourth-order valence-corrected chi connectivity index (χ4v) is 4.45. The van der Waals surface area contributed by atoms with Crippen LogP contribution in [0.4, 0.5) is 5.82 Å². The number of aryl methyl sites for hydroxylation is 2. The van der Waals surface area contributed by atoms with Gasteiger partial charge in [0.2, 0.25) is 10.0 Å². The zero-order chi connectivity index (χ0) is 19.6. The summed E-state index contributed by atoms with van der Waals surface area (Å²) in [6.07, 6.45) is 5.00. The van der Waals surface area contributed by atoms with Crippen LogP contribution in [0.5, 0.6) is 0 Å². The summed E-state index contributed by atoms with van der Waals surface area (Å²) in [5.74, 6) is 0.950. The number of rotatable bonds is 5. The zero-order valence-electron chi connectivity index (χ0n) is 15.9. The van der Waals surface area contributed by atoms with Crippen molar-refractivity contribution in [2.75, 3.05) is 23.7 Å². The van der Waals surface area contributed by atoms with Gasteiger partial charge in [-0.1, -0.05) is 17.7 Å². The summed E-state index contributed by atoms with van der Waals surface area (Å²) in [7, 11) is -3.17. The van der Waals surface area contributed by atoms with Gasteiger partial charge in [-0.15, -0.1) is 0 Å². The lowest BCUT2D eigenvalue weighted by atomic mass is 10.0. The van der Waals surface area contributed by atoms with E-state index >= 15 is 0 Å². The molecule has 0 atom stereocenters. The van der Waals surface area contributed by atoms with Crippen LogP contribution in [-0.4, -0.2) is 43.3 Å². The first kappa shape index (κ1) is 20.0. The minimum absolute atomic E-state index is 0.0148. The van der Waals surface area contributed by atoms with E-state index in [2.05, 4.69) is 25.7 Å². The van der Waals surface area contributed by atoms with Crippen molar-refractivity contribution in [2.24, 2.45) is 0 Å². The van der Waals surface area contributed by atoms with Crippen molar-refractivity contribution in [3.05, 3.63) is 40.7 Å². The lowest BCUT2D eigenvalue weighted by Gasteiger charge is -2.33. The molecule has 0 saturated carbocycles. The molecular weight excluding hydrogens is 384 g/mol. The van der Waals surface area contributed by atoms with E-state index < -0.39 is 10.0 Å². The minimum atomic E-state index is -3.17. The molecule has 1 aliphatic rings. The fraction of sp³-hybridized carbons (Fsp3) is 0.474. The summed E-state index contributed by atoms with van der Waals surface area (Å²) in [5, 5.41) is 0.573. The van der Waals surface area contributed by atoms with Gasteiger partial charge in [0.1, 0.15) is 5.82 Å². The molecule has 0 aliphatic carbocycles. The van der Waals surface area contributed by atoms with Crippen LogP contribution in [0.25, 0.3) is 11.3 Å². The maximum Gasteiger partial charge on any atom is 0.211 e. The van der Waals surface area contributed by atoms with Crippen molar-refractivity contribution in [1.82, 2.24) is 14.7 Å². The number of halogens is 1. The highest BCUT2D eigenvalue weighted by Crippen LogP contribution is 2.32. The van der Waals surface area contributed by atoms with E-state index in [1.165, 1.54) is 0 Å². The van der Waals surface area contributed by atoms with Gasteiger partial charge < -0.3 is 4.90 Å². The first-order valence-corrected chi connectivity index (χ1v) is 11.2. The quantitative estimate of drug-likeness (QED) is 0.821. The second-order valence-electron chi connectivity index (χ2n) is 6.98. The van der Waals surface area contributed by atoms with Gasteiger partial charge in [0.05, 0.1) is 16.5 Å². The van der Waals surface area contributed by atoms with Crippen LogP contribution >= 0.6 is 11.6 Å². The Morgan fingerprint density at radius 3 is 2.52 bits per heavy atom. The van der Waals surface area contributed by atoms with Crippen molar-refractivity contribution in [3.63, 3.8) is 0 Å². The molecule has 2 aromatic rings. The van der Waals surface area contributed by atoms with Crippen LogP contribution < -0.4 is 9.62 Å². The highest BCUT2D eigenvalue weighted by atomic mass is 35.5. The molecule has 0 aromatic carbocycles. The summed E-state index contributed by atoms with van der Waals surface area (Å²) >= 11 is 6.40. The van der Waals surface area contributed by atoms with E-state index in [4.69, 9.17) is 11.6 Å². The molecule has 1 N–H and O–H groups in total. The molecule has 3 heterocycles.